The van der Waals surface area contributed by atoms with Crippen LogP contribution in [0, 0.1) is 6.92 Å². The van der Waals surface area contributed by atoms with Crippen molar-refractivity contribution in [2.24, 2.45) is 0 Å². The summed E-state index contributed by atoms with van der Waals surface area (Å²) in [4.78, 5) is 0. The number of phenolic OH excluding ortho intramolecular Hbond substituents is 1. The van der Waals surface area contributed by atoms with Gasteiger partial charge in [-0.3, -0.25) is 0 Å². The van der Waals surface area contributed by atoms with Gasteiger partial charge in [0.2, 0.25) is 0 Å². The molecule has 2 nitrogen and oxygen atoms in total. The molecule has 0 saturated heterocycles. The molecular formula is C10H13ClO2. The molecule has 3 heteroatoms. The second-order valence-corrected chi connectivity index (χ2v) is 3.60. The summed E-state index contributed by atoms with van der Waals surface area (Å²) in [5, 5.41) is 18.9. The molecule has 0 amide bonds. The Kier molecular flexibility index (Phi) is 3.17. The monoisotopic (exact) mass is 200 g/mol. The molecule has 13 heavy (non-hydrogen) atoms. The molecule has 0 aromatic heterocycles. The van der Waals surface area contributed by atoms with E-state index in [2.05, 4.69) is 0 Å². The molecule has 1 aromatic rings. The van der Waals surface area contributed by atoms with Gasteiger partial charge in [-0.25, -0.2) is 0 Å². The van der Waals surface area contributed by atoms with Crippen molar-refractivity contribution < 1.29 is 10.2 Å². The van der Waals surface area contributed by atoms with Crippen molar-refractivity contribution in [2.75, 3.05) is 6.61 Å². The molecule has 0 spiro atoms. The third-order valence-electron chi connectivity index (χ3n) is 2.15. The van der Waals surface area contributed by atoms with Crippen LogP contribution in [0.15, 0.2) is 12.1 Å². The van der Waals surface area contributed by atoms with Crippen molar-refractivity contribution in [1.82, 2.24) is 0 Å². The standard InChI is InChI=1S/C10H13ClO2/c1-6-3-4-8(7(2)5-12)10(13)9(6)11/h3-4,7,12-13H,5H2,1-2H3. The molecule has 0 aliphatic heterocycles. The lowest BCUT2D eigenvalue weighted by Crippen LogP contribution is -1.99. The van der Waals surface area contributed by atoms with Gasteiger partial charge in [-0.2, -0.15) is 0 Å². The van der Waals surface area contributed by atoms with Crippen molar-refractivity contribution in [3.63, 3.8) is 0 Å². The molecule has 1 aromatic carbocycles. The fourth-order valence-electron chi connectivity index (χ4n) is 1.18. The van der Waals surface area contributed by atoms with Crippen molar-refractivity contribution in [1.29, 1.82) is 0 Å². The minimum absolute atomic E-state index is 0.00689. The summed E-state index contributed by atoms with van der Waals surface area (Å²) in [6.45, 7) is 3.67. The van der Waals surface area contributed by atoms with E-state index in [0.717, 1.165) is 5.56 Å². The largest absolute Gasteiger partial charge is 0.506 e. The smallest absolute Gasteiger partial charge is 0.137 e. The third kappa shape index (κ3) is 1.95. The predicted octanol–water partition coefficient (Wildman–Crippen LogP) is 2.45. The van der Waals surface area contributed by atoms with Crippen molar-refractivity contribution in [3.8, 4) is 5.75 Å². The van der Waals surface area contributed by atoms with Crippen LogP contribution in [0.1, 0.15) is 24.0 Å². The average molecular weight is 201 g/mol. The zero-order chi connectivity index (χ0) is 10.0. The summed E-state index contributed by atoms with van der Waals surface area (Å²) in [7, 11) is 0. The number of benzene rings is 1. The van der Waals surface area contributed by atoms with E-state index in [4.69, 9.17) is 16.7 Å². The molecule has 0 aliphatic rings. The summed E-state index contributed by atoms with van der Waals surface area (Å²) in [5.74, 6) is 0.00122. The lowest BCUT2D eigenvalue weighted by molar-refractivity contribution is 0.270. The van der Waals surface area contributed by atoms with Gasteiger partial charge in [-0.05, 0) is 12.5 Å². The Morgan fingerprint density at radius 2 is 2.08 bits per heavy atom. The number of hydrogen-bond donors (Lipinski definition) is 2. The zero-order valence-corrected chi connectivity index (χ0v) is 8.47. The molecule has 1 unspecified atom stereocenters. The van der Waals surface area contributed by atoms with Crippen molar-refractivity contribution >= 4 is 11.6 Å². The maximum Gasteiger partial charge on any atom is 0.137 e. The normalized spacial score (nSPS) is 12.9. The van der Waals surface area contributed by atoms with Gasteiger partial charge in [0.05, 0.1) is 5.02 Å². The van der Waals surface area contributed by atoms with Crippen LogP contribution < -0.4 is 0 Å². The van der Waals surface area contributed by atoms with Gasteiger partial charge in [0.15, 0.2) is 0 Å². The molecule has 0 bridgehead atoms. The molecule has 2 N–H and O–H groups in total. The topological polar surface area (TPSA) is 40.5 Å². The van der Waals surface area contributed by atoms with Crippen LogP contribution in [0.3, 0.4) is 0 Å². The Labute approximate surface area is 82.8 Å². The number of aliphatic hydroxyl groups is 1. The number of aromatic hydroxyl groups is 1. The summed E-state index contributed by atoms with van der Waals surface area (Å²) in [5.41, 5.74) is 1.53. The molecule has 0 fully saturated rings. The average Bonchev–Trinajstić information content (AvgIpc) is 2.13. The van der Waals surface area contributed by atoms with E-state index in [9.17, 15) is 5.11 Å². The van der Waals surface area contributed by atoms with E-state index in [1.54, 1.807) is 6.07 Å². The minimum Gasteiger partial charge on any atom is -0.506 e. The number of aliphatic hydroxyl groups excluding tert-OH is 1. The van der Waals surface area contributed by atoms with Gasteiger partial charge >= 0.3 is 0 Å². The molecule has 0 saturated carbocycles. The third-order valence-corrected chi connectivity index (χ3v) is 2.62. The molecular weight excluding hydrogens is 188 g/mol. The highest BCUT2D eigenvalue weighted by atomic mass is 35.5. The SMILES string of the molecule is Cc1ccc(C(C)CO)c(O)c1Cl. The summed E-state index contributed by atoms with van der Waals surface area (Å²) < 4.78 is 0. The van der Waals surface area contributed by atoms with Crippen LogP contribution in [0.4, 0.5) is 0 Å². The number of phenols is 1. The van der Waals surface area contributed by atoms with Gasteiger partial charge in [0, 0.05) is 18.1 Å². The fourth-order valence-corrected chi connectivity index (χ4v) is 1.35. The molecule has 72 valence electrons. The van der Waals surface area contributed by atoms with Crippen LogP contribution in [-0.2, 0) is 0 Å². The first-order valence-electron chi connectivity index (χ1n) is 4.16. The molecule has 0 radical (unpaired) electrons. The highest BCUT2D eigenvalue weighted by molar-refractivity contribution is 6.32. The lowest BCUT2D eigenvalue weighted by atomic mass is 9.99. The molecule has 1 atom stereocenters. The first kappa shape index (κ1) is 10.4. The Hall–Kier alpha value is -0.730. The quantitative estimate of drug-likeness (QED) is 0.770. The summed E-state index contributed by atoms with van der Waals surface area (Å²) in [6, 6.07) is 3.63. The van der Waals surface area contributed by atoms with Gasteiger partial charge < -0.3 is 10.2 Å². The second-order valence-electron chi connectivity index (χ2n) is 3.22. The lowest BCUT2D eigenvalue weighted by Gasteiger charge is -2.12. The minimum atomic E-state index is -0.0851. The van der Waals surface area contributed by atoms with Crippen molar-refractivity contribution in [2.45, 2.75) is 19.8 Å². The summed E-state index contributed by atoms with van der Waals surface area (Å²) in [6.07, 6.45) is 0. The maximum absolute atomic E-state index is 9.64. The van der Waals surface area contributed by atoms with E-state index >= 15 is 0 Å². The first-order chi connectivity index (χ1) is 6.07. The van der Waals surface area contributed by atoms with Gasteiger partial charge in [0.25, 0.3) is 0 Å². The van der Waals surface area contributed by atoms with Crippen LogP contribution in [0.25, 0.3) is 0 Å². The highest BCUT2D eigenvalue weighted by Gasteiger charge is 2.13. The van der Waals surface area contributed by atoms with Crippen LogP contribution >= 0.6 is 11.6 Å². The van der Waals surface area contributed by atoms with Gasteiger partial charge in [0.1, 0.15) is 5.75 Å². The number of aryl methyl sites for hydroxylation is 1. The van der Waals surface area contributed by atoms with Gasteiger partial charge in [-0.1, -0.05) is 30.7 Å². The molecule has 0 heterocycles. The molecule has 1 rings (SSSR count). The Bertz CT molecular complexity index is 310. The van der Waals surface area contributed by atoms with E-state index < -0.39 is 0 Å². The van der Waals surface area contributed by atoms with Gasteiger partial charge in [-0.15, -0.1) is 0 Å². The van der Waals surface area contributed by atoms with Crippen LogP contribution in [0.5, 0.6) is 5.75 Å². The Morgan fingerprint density at radius 3 is 2.62 bits per heavy atom. The highest BCUT2D eigenvalue weighted by Crippen LogP contribution is 2.34. The van der Waals surface area contributed by atoms with E-state index in [-0.39, 0.29) is 18.3 Å². The number of halogens is 1. The Morgan fingerprint density at radius 1 is 1.46 bits per heavy atom. The Balaban J connectivity index is 3.18. The zero-order valence-electron chi connectivity index (χ0n) is 7.71. The van der Waals surface area contributed by atoms with Crippen LogP contribution in [0.2, 0.25) is 5.02 Å². The number of hydrogen-bond acceptors (Lipinski definition) is 2. The van der Waals surface area contributed by atoms with E-state index in [1.807, 2.05) is 19.9 Å². The van der Waals surface area contributed by atoms with Crippen LogP contribution in [-0.4, -0.2) is 16.8 Å². The second kappa shape index (κ2) is 3.99. The fraction of sp³-hybridized carbons (Fsp3) is 0.400. The summed E-state index contributed by atoms with van der Waals surface area (Å²) >= 11 is 5.85. The first-order valence-corrected chi connectivity index (χ1v) is 4.54. The van der Waals surface area contributed by atoms with Crippen molar-refractivity contribution in [3.05, 3.63) is 28.3 Å². The van der Waals surface area contributed by atoms with E-state index in [0.29, 0.717) is 10.6 Å². The molecule has 0 aliphatic carbocycles. The maximum atomic E-state index is 9.64. The predicted molar refractivity (Wildman–Crippen MR) is 53.4 cm³/mol. The van der Waals surface area contributed by atoms with E-state index in [1.165, 1.54) is 0 Å². The number of rotatable bonds is 2.